The van der Waals surface area contributed by atoms with Crippen LogP contribution in [-0.4, -0.2) is 0 Å². The fourth-order valence-corrected chi connectivity index (χ4v) is 8.82. The molecule has 272 valence electrons. The first-order valence-corrected chi connectivity index (χ1v) is 19.8. The molecule has 2 heteroatoms. The molecule has 0 atom stereocenters. The maximum Gasteiger partial charge on any atom is 0.143 e. The highest BCUT2D eigenvalue weighted by Crippen LogP contribution is 2.47. The lowest BCUT2D eigenvalue weighted by molar-refractivity contribution is 0.674. The van der Waals surface area contributed by atoms with E-state index < -0.39 is 0 Å². The number of para-hydroxylation sites is 3. The summed E-state index contributed by atoms with van der Waals surface area (Å²) in [4.78, 5) is 2.42. The van der Waals surface area contributed by atoms with Crippen LogP contribution in [0, 0.1) is 0 Å². The molecular formula is C56H37NO. The monoisotopic (exact) mass is 739 g/mol. The Morgan fingerprint density at radius 2 is 0.724 bits per heavy atom. The van der Waals surface area contributed by atoms with Crippen LogP contribution in [0.5, 0.6) is 0 Å². The molecule has 1 aromatic heterocycles. The molecule has 1 heterocycles. The number of hydrogen-bond acceptors (Lipinski definition) is 2. The third-order valence-electron chi connectivity index (χ3n) is 11.4. The maximum atomic E-state index is 6.94. The van der Waals surface area contributed by atoms with Crippen LogP contribution >= 0.6 is 0 Å². The van der Waals surface area contributed by atoms with Crippen LogP contribution in [0.3, 0.4) is 0 Å². The van der Waals surface area contributed by atoms with E-state index in [1.165, 1.54) is 32.7 Å². The topological polar surface area (TPSA) is 16.4 Å². The average molecular weight is 740 g/mol. The van der Waals surface area contributed by atoms with Crippen molar-refractivity contribution in [1.29, 1.82) is 0 Å². The van der Waals surface area contributed by atoms with E-state index in [1.54, 1.807) is 0 Å². The number of nitrogens with zero attached hydrogens (tertiary/aromatic N) is 1. The van der Waals surface area contributed by atoms with Gasteiger partial charge in [0.15, 0.2) is 0 Å². The lowest BCUT2D eigenvalue weighted by atomic mass is 9.95. The van der Waals surface area contributed by atoms with Crippen LogP contribution < -0.4 is 4.90 Å². The molecule has 2 nitrogen and oxygen atoms in total. The Balaban J connectivity index is 1.08. The van der Waals surface area contributed by atoms with E-state index in [9.17, 15) is 0 Å². The van der Waals surface area contributed by atoms with Gasteiger partial charge in [0.1, 0.15) is 11.2 Å². The first kappa shape index (κ1) is 33.6. The summed E-state index contributed by atoms with van der Waals surface area (Å²) in [5, 5.41) is 7.10. The molecule has 0 aliphatic rings. The minimum absolute atomic E-state index is 0.908. The first-order valence-electron chi connectivity index (χ1n) is 19.8. The number of furan rings is 1. The van der Waals surface area contributed by atoms with Gasteiger partial charge in [0.2, 0.25) is 0 Å². The number of fused-ring (bicyclic) bond motifs is 8. The van der Waals surface area contributed by atoms with Gasteiger partial charge in [-0.15, -0.1) is 0 Å². The molecule has 0 saturated heterocycles. The Hall–Kier alpha value is -7.68. The molecule has 0 fully saturated rings. The quantitative estimate of drug-likeness (QED) is 0.151. The molecule has 0 spiro atoms. The van der Waals surface area contributed by atoms with Crippen LogP contribution in [0.15, 0.2) is 229 Å². The average Bonchev–Trinajstić information content (AvgIpc) is 3.71. The van der Waals surface area contributed by atoms with Gasteiger partial charge in [-0.1, -0.05) is 194 Å². The van der Waals surface area contributed by atoms with Crippen LogP contribution in [-0.2, 0) is 0 Å². The molecule has 0 aliphatic heterocycles. The van der Waals surface area contributed by atoms with Crippen molar-refractivity contribution in [3.05, 3.63) is 224 Å². The number of benzene rings is 10. The second kappa shape index (κ2) is 14.1. The van der Waals surface area contributed by atoms with Gasteiger partial charge >= 0.3 is 0 Å². The molecule has 0 unspecified atom stereocenters. The van der Waals surface area contributed by atoms with Crippen molar-refractivity contribution in [2.24, 2.45) is 0 Å². The molecule has 0 aliphatic carbocycles. The van der Waals surface area contributed by atoms with Crippen molar-refractivity contribution in [2.75, 3.05) is 4.90 Å². The Morgan fingerprint density at radius 1 is 0.276 bits per heavy atom. The molecule has 58 heavy (non-hydrogen) atoms. The lowest BCUT2D eigenvalue weighted by Crippen LogP contribution is -2.12. The van der Waals surface area contributed by atoms with Crippen molar-refractivity contribution < 1.29 is 4.42 Å². The highest BCUT2D eigenvalue weighted by atomic mass is 16.3. The minimum Gasteiger partial charge on any atom is -0.455 e. The summed E-state index contributed by atoms with van der Waals surface area (Å²) in [6, 6.07) is 80.4. The van der Waals surface area contributed by atoms with E-state index in [-0.39, 0.29) is 0 Å². The summed E-state index contributed by atoms with van der Waals surface area (Å²) >= 11 is 0. The van der Waals surface area contributed by atoms with Gasteiger partial charge in [-0.25, -0.2) is 0 Å². The maximum absolute atomic E-state index is 6.94. The molecule has 0 amide bonds. The smallest absolute Gasteiger partial charge is 0.143 e. The van der Waals surface area contributed by atoms with Crippen molar-refractivity contribution in [2.45, 2.75) is 0 Å². The number of anilines is 3. The summed E-state index contributed by atoms with van der Waals surface area (Å²) in [6.07, 6.45) is 0. The zero-order chi connectivity index (χ0) is 38.4. The van der Waals surface area contributed by atoms with Gasteiger partial charge in [-0.05, 0) is 74.3 Å². The van der Waals surface area contributed by atoms with Crippen molar-refractivity contribution in [1.82, 2.24) is 0 Å². The molecule has 0 saturated carbocycles. The van der Waals surface area contributed by atoms with Gasteiger partial charge in [0.25, 0.3) is 0 Å². The number of hydrogen-bond donors (Lipinski definition) is 0. The highest BCUT2D eigenvalue weighted by Gasteiger charge is 2.22. The van der Waals surface area contributed by atoms with Gasteiger partial charge in [-0.2, -0.15) is 0 Å². The minimum atomic E-state index is 0.908. The summed E-state index contributed by atoms with van der Waals surface area (Å²) in [5.41, 5.74) is 14.3. The Kier molecular flexibility index (Phi) is 8.19. The Labute approximate surface area is 337 Å². The SMILES string of the molecule is c1ccc(-c2ccccc2N(c2cccc(-c3cccc(-c4cccc5c4oc4c6ccccc6c6ccccc6c54)c3)c2)c2ccccc2-c2ccccc2)cc1. The van der Waals surface area contributed by atoms with Crippen LogP contribution in [0.25, 0.3) is 88.0 Å². The third kappa shape index (κ3) is 5.66. The normalized spacial score (nSPS) is 11.4. The summed E-state index contributed by atoms with van der Waals surface area (Å²) < 4.78 is 6.94. The van der Waals surface area contributed by atoms with E-state index in [4.69, 9.17) is 4.42 Å². The largest absolute Gasteiger partial charge is 0.455 e. The third-order valence-corrected chi connectivity index (χ3v) is 11.4. The van der Waals surface area contributed by atoms with E-state index in [0.717, 1.165) is 72.4 Å². The summed E-state index contributed by atoms with van der Waals surface area (Å²) in [6.45, 7) is 0. The summed E-state index contributed by atoms with van der Waals surface area (Å²) in [5.74, 6) is 0. The zero-order valence-corrected chi connectivity index (χ0v) is 31.7. The molecule has 0 N–H and O–H groups in total. The fourth-order valence-electron chi connectivity index (χ4n) is 8.82. The standard InChI is InChI=1S/C56H37NO/c1-3-18-38(19-4-1)44-26-11-13-34-52(44)57(53-35-14-12-27-45(53)39-20-5-2-6-21-39)43-25-16-23-41(37-43)40-22-15-24-42(36-40)46-32-17-33-51-54-49-30-9-7-28-47(49)48-29-8-10-31-50(48)56(54)58-55(46)51/h1-37H. The van der Waals surface area contributed by atoms with Crippen molar-refractivity contribution in [3.8, 4) is 44.5 Å². The fraction of sp³-hybridized carbons (Fsp3) is 0. The molecule has 0 radical (unpaired) electrons. The lowest BCUT2D eigenvalue weighted by Gasteiger charge is -2.30. The second-order valence-electron chi connectivity index (χ2n) is 14.8. The highest BCUT2D eigenvalue weighted by molar-refractivity contribution is 6.31. The zero-order valence-electron chi connectivity index (χ0n) is 31.7. The van der Waals surface area contributed by atoms with Gasteiger partial charge < -0.3 is 9.32 Å². The van der Waals surface area contributed by atoms with Gasteiger partial charge in [0, 0.05) is 38.5 Å². The van der Waals surface area contributed by atoms with Crippen LogP contribution in [0.4, 0.5) is 17.1 Å². The van der Waals surface area contributed by atoms with Crippen molar-refractivity contribution >= 4 is 60.5 Å². The van der Waals surface area contributed by atoms with E-state index in [2.05, 4.69) is 229 Å². The summed E-state index contributed by atoms with van der Waals surface area (Å²) in [7, 11) is 0. The van der Waals surface area contributed by atoms with E-state index >= 15 is 0 Å². The Bertz CT molecular complexity index is 3210. The predicted octanol–water partition coefficient (Wildman–Crippen LogP) is 16.0. The molecule has 11 rings (SSSR count). The van der Waals surface area contributed by atoms with Crippen LogP contribution in [0.2, 0.25) is 0 Å². The molecule has 0 bridgehead atoms. The predicted molar refractivity (Wildman–Crippen MR) is 245 cm³/mol. The second-order valence-corrected chi connectivity index (χ2v) is 14.8. The first-order chi connectivity index (χ1) is 28.8. The van der Waals surface area contributed by atoms with Gasteiger partial charge in [0.05, 0.1) is 11.4 Å². The van der Waals surface area contributed by atoms with Crippen molar-refractivity contribution in [3.63, 3.8) is 0 Å². The number of rotatable bonds is 7. The Morgan fingerprint density at radius 3 is 1.40 bits per heavy atom. The van der Waals surface area contributed by atoms with Gasteiger partial charge in [-0.3, -0.25) is 0 Å². The molecule has 10 aromatic carbocycles. The van der Waals surface area contributed by atoms with E-state index in [0.29, 0.717) is 0 Å². The molecule has 11 aromatic rings. The van der Waals surface area contributed by atoms with E-state index in [1.807, 2.05) is 0 Å². The molecular weight excluding hydrogens is 703 g/mol. The van der Waals surface area contributed by atoms with Crippen LogP contribution in [0.1, 0.15) is 0 Å².